The van der Waals surface area contributed by atoms with Gasteiger partial charge in [-0.25, -0.2) is 4.98 Å². The largest absolute Gasteiger partial charge is 0.508 e. The number of aromatic nitrogens is 2. The van der Waals surface area contributed by atoms with Crippen molar-refractivity contribution in [1.29, 1.82) is 0 Å². The third kappa shape index (κ3) is 1.86. The number of phenolic OH excluding ortho intramolecular Hbond substituents is 1. The van der Waals surface area contributed by atoms with E-state index in [1.165, 1.54) is 18.5 Å². The van der Waals surface area contributed by atoms with Crippen molar-refractivity contribution in [1.82, 2.24) is 9.55 Å². The zero-order valence-electron chi connectivity index (χ0n) is 9.36. The molecular formula is C13H13BrN2O. The number of fused-ring (bicyclic) bond motifs is 1. The summed E-state index contributed by atoms with van der Waals surface area (Å²) in [5.41, 5.74) is 2.24. The highest BCUT2D eigenvalue weighted by molar-refractivity contribution is 9.10. The fourth-order valence-electron chi connectivity index (χ4n) is 2.36. The van der Waals surface area contributed by atoms with E-state index in [4.69, 9.17) is 0 Å². The standard InChI is InChI=1S/C13H13BrN2O/c14-12-11-6-1-2-7-16(11)13(15-12)9-4-3-5-10(17)8-9/h3-5,8,17H,1-2,6-7H2. The van der Waals surface area contributed by atoms with Crippen LogP contribution >= 0.6 is 15.9 Å². The topological polar surface area (TPSA) is 38.1 Å². The molecule has 0 atom stereocenters. The van der Waals surface area contributed by atoms with Crippen LogP contribution in [0.3, 0.4) is 0 Å². The van der Waals surface area contributed by atoms with Crippen LogP contribution in [0.1, 0.15) is 18.5 Å². The normalized spacial score (nSPS) is 14.6. The van der Waals surface area contributed by atoms with E-state index in [-0.39, 0.29) is 5.75 Å². The summed E-state index contributed by atoms with van der Waals surface area (Å²) in [6.45, 7) is 1.01. The van der Waals surface area contributed by atoms with E-state index in [0.29, 0.717) is 0 Å². The van der Waals surface area contributed by atoms with Gasteiger partial charge >= 0.3 is 0 Å². The number of hydrogen-bond acceptors (Lipinski definition) is 2. The van der Waals surface area contributed by atoms with Crippen LogP contribution in [0, 0.1) is 0 Å². The van der Waals surface area contributed by atoms with Gasteiger partial charge in [0.15, 0.2) is 0 Å². The zero-order valence-corrected chi connectivity index (χ0v) is 10.9. The molecule has 0 aliphatic carbocycles. The molecule has 1 aliphatic heterocycles. The molecule has 0 amide bonds. The molecule has 2 heterocycles. The second-order valence-electron chi connectivity index (χ2n) is 4.33. The lowest BCUT2D eigenvalue weighted by molar-refractivity contribution is 0.475. The highest BCUT2D eigenvalue weighted by Gasteiger charge is 2.19. The predicted octanol–water partition coefficient (Wildman–Crippen LogP) is 3.35. The van der Waals surface area contributed by atoms with Crippen molar-refractivity contribution in [2.75, 3.05) is 0 Å². The van der Waals surface area contributed by atoms with E-state index < -0.39 is 0 Å². The summed E-state index contributed by atoms with van der Waals surface area (Å²) in [5.74, 6) is 1.23. The van der Waals surface area contributed by atoms with Crippen molar-refractivity contribution >= 4 is 15.9 Å². The van der Waals surface area contributed by atoms with Gasteiger partial charge in [-0.1, -0.05) is 12.1 Å². The maximum absolute atomic E-state index is 9.54. The Labute approximate surface area is 108 Å². The summed E-state index contributed by atoms with van der Waals surface area (Å²) in [5, 5.41) is 9.54. The second kappa shape index (κ2) is 4.18. The van der Waals surface area contributed by atoms with Crippen molar-refractivity contribution in [2.45, 2.75) is 25.8 Å². The van der Waals surface area contributed by atoms with E-state index in [9.17, 15) is 5.11 Å². The van der Waals surface area contributed by atoms with Gasteiger partial charge in [0, 0.05) is 12.1 Å². The number of rotatable bonds is 1. The van der Waals surface area contributed by atoms with E-state index in [1.54, 1.807) is 12.1 Å². The van der Waals surface area contributed by atoms with Gasteiger partial charge in [-0.05, 0) is 47.3 Å². The number of imidazole rings is 1. The number of hydrogen-bond donors (Lipinski definition) is 1. The monoisotopic (exact) mass is 292 g/mol. The smallest absolute Gasteiger partial charge is 0.141 e. The number of phenols is 1. The van der Waals surface area contributed by atoms with Gasteiger partial charge in [-0.3, -0.25) is 0 Å². The molecule has 3 nitrogen and oxygen atoms in total. The Kier molecular flexibility index (Phi) is 2.67. The van der Waals surface area contributed by atoms with Gasteiger partial charge in [-0.15, -0.1) is 0 Å². The molecule has 0 radical (unpaired) electrons. The van der Waals surface area contributed by atoms with Crippen molar-refractivity contribution in [2.24, 2.45) is 0 Å². The van der Waals surface area contributed by atoms with Crippen LogP contribution < -0.4 is 0 Å². The average Bonchev–Trinajstić information content (AvgIpc) is 2.68. The molecule has 88 valence electrons. The summed E-state index contributed by atoms with van der Waals surface area (Å²) < 4.78 is 3.19. The lowest BCUT2D eigenvalue weighted by Gasteiger charge is -2.16. The summed E-state index contributed by atoms with van der Waals surface area (Å²) in [4.78, 5) is 4.57. The molecule has 0 fully saturated rings. The van der Waals surface area contributed by atoms with Crippen LogP contribution in [0.4, 0.5) is 0 Å². The summed E-state index contributed by atoms with van der Waals surface area (Å²) in [6, 6.07) is 7.27. The third-order valence-electron chi connectivity index (χ3n) is 3.17. The maximum Gasteiger partial charge on any atom is 0.141 e. The van der Waals surface area contributed by atoms with Gasteiger partial charge in [0.05, 0.1) is 5.69 Å². The Balaban J connectivity index is 2.15. The number of halogens is 1. The first-order valence-corrected chi connectivity index (χ1v) is 6.59. The molecule has 4 heteroatoms. The Morgan fingerprint density at radius 2 is 2.18 bits per heavy atom. The minimum Gasteiger partial charge on any atom is -0.508 e. The number of nitrogens with zero attached hydrogens (tertiary/aromatic N) is 2. The molecule has 1 aromatic heterocycles. The Morgan fingerprint density at radius 3 is 3.00 bits per heavy atom. The maximum atomic E-state index is 9.54. The van der Waals surface area contributed by atoms with Gasteiger partial charge < -0.3 is 9.67 Å². The van der Waals surface area contributed by atoms with Gasteiger partial charge in [-0.2, -0.15) is 0 Å². The van der Waals surface area contributed by atoms with Crippen LogP contribution in [0.5, 0.6) is 5.75 Å². The lowest BCUT2D eigenvalue weighted by Crippen LogP contribution is -2.11. The van der Waals surface area contributed by atoms with E-state index in [1.807, 2.05) is 12.1 Å². The molecule has 2 aromatic rings. The van der Waals surface area contributed by atoms with Gasteiger partial charge in [0.25, 0.3) is 0 Å². The van der Waals surface area contributed by atoms with Crippen molar-refractivity contribution in [3.63, 3.8) is 0 Å². The average molecular weight is 293 g/mol. The first kappa shape index (κ1) is 10.8. The summed E-state index contributed by atoms with van der Waals surface area (Å²) in [7, 11) is 0. The number of benzene rings is 1. The van der Waals surface area contributed by atoms with Crippen molar-refractivity contribution < 1.29 is 5.11 Å². The molecule has 0 unspecified atom stereocenters. The first-order valence-electron chi connectivity index (χ1n) is 5.80. The highest BCUT2D eigenvalue weighted by atomic mass is 79.9. The minimum absolute atomic E-state index is 0.284. The molecule has 0 spiro atoms. The Hall–Kier alpha value is -1.29. The summed E-state index contributed by atoms with van der Waals surface area (Å²) in [6.07, 6.45) is 3.50. The third-order valence-corrected chi connectivity index (χ3v) is 3.81. The lowest BCUT2D eigenvalue weighted by atomic mass is 10.1. The predicted molar refractivity (Wildman–Crippen MR) is 70.0 cm³/mol. The Bertz CT molecular complexity index is 563. The molecule has 0 saturated heterocycles. The molecule has 0 saturated carbocycles. The quantitative estimate of drug-likeness (QED) is 0.875. The second-order valence-corrected chi connectivity index (χ2v) is 5.08. The van der Waals surface area contributed by atoms with Crippen molar-refractivity contribution in [3.05, 3.63) is 34.6 Å². The molecule has 3 rings (SSSR count). The fraction of sp³-hybridized carbons (Fsp3) is 0.308. The van der Waals surface area contributed by atoms with E-state index in [0.717, 1.165) is 29.0 Å². The number of aromatic hydroxyl groups is 1. The SMILES string of the molecule is Oc1cccc(-c2nc(Br)c3n2CCCC3)c1. The van der Waals surface area contributed by atoms with Crippen LogP contribution in [0.2, 0.25) is 0 Å². The van der Waals surface area contributed by atoms with E-state index >= 15 is 0 Å². The van der Waals surface area contributed by atoms with Crippen LogP contribution in [-0.2, 0) is 13.0 Å². The molecule has 1 aliphatic rings. The van der Waals surface area contributed by atoms with Crippen LogP contribution in [-0.4, -0.2) is 14.7 Å². The molecule has 1 aromatic carbocycles. The van der Waals surface area contributed by atoms with Gasteiger partial charge in [0.2, 0.25) is 0 Å². The molecular weight excluding hydrogens is 280 g/mol. The minimum atomic E-state index is 0.284. The van der Waals surface area contributed by atoms with Crippen molar-refractivity contribution in [3.8, 4) is 17.1 Å². The molecule has 17 heavy (non-hydrogen) atoms. The van der Waals surface area contributed by atoms with Crippen LogP contribution in [0.15, 0.2) is 28.9 Å². The van der Waals surface area contributed by atoms with E-state index in [2.05, 4.69) is 25.5 Å². The van der Waals surface area contributed by atoms with Gasteiger partial charge in [0.1, 0.15) is 16.2 Å². The summed E-state index contributed by atoms with van der Waals surface area (Å²) >= 11 is 3.52. The van der Waals surface area contributed by atoms with Crippen LogP contribution in [0.25, 0.3) is 11.4 Å². The molecule has 1 N–H and O–H groups in total. The fourth-order valence-corrected chi connectivity index (χ4v) is 2.94. The highest BCUT2D eigenvalue weighted by Crippen LogP contribution is 2.31. The zero-order chi connectivity index (χ0) is 11.8. The Morgan fingerprint density at radius 1 is 1.29 bits per heavy atom. The first-order chi connectivity index (χ1) is 8.25. The molecule has 0 bridgehead atoms.